The molecule has 94 valence electrons. The Morgan fingerprint density at radius 1 is 1.50 bits per heavy atom. The summed E-state index contributed by atoms with van der Waals surface area (Å²) in [6.45, 7) is 2.06. The van der Waals surface area contributed by atoms with Crippen LogP contribution in [0.4, 0.5) is 0 Å². The Balaban J connectivity index is 2.50. The third kappa shape index (κ3) is 2.36. The predicted molar refractivity (Wildman–Crippen MR) is 70.4 cm³/mol. The average molecular weight is 263 g/mol. The molecule has 2 aromatic rings. The first kappa shape index (κ1) is 12.6. The van der Waals surface area contributed by atoms with E-state index in [1.165, 1.54) is 0 Å². The van der Waals surface area contributed by atoms with E-state index >= 15 is 0 Å². The van der Waals surface area contributed by atoms with Gasteiger partial charge in [0.05, 0.1) is 12.8 Å². The zero-order chi connectivity index (χ0) is 13.1. The number of aryl methyl sites for hydroxylation is 1. The molecule has 0 spiro atoms. The summed E-state index contributed by atoms with van der Waals surface area (Å²) in [6, 6.07) is 5.86. The molecule has 0 saturated heterocycles. The standard InChI is InChI=1S/C13H13NO3S/c1-3-8-4-5-11(17-2)9(6-8)10-7-18-12(14-10)13(15)16/h4-7H,3H2,1-2H3,(H,15,16). The van der Waals surface area contributed by atoms with Crippen molar-refractivity contribution in [2.75, 3.05) is 7.11 Å². The molecule has 0 aliphatic carbocycles. The van der Waals surface area contributed by atoms with Gasteiger partial charge in [0.2, 0.25) is 5.01 Å². The topological polar surface area (TPSA) is 59.4 Å². The molecule has 18 heavy (non-hydrogen) atoms. The lowest BCUT2D eigenvalue weighted by atomic mass is 10.1. The summed E-state index contributed by atoms with van der Waals surface area (Å²) in [5.41, 5.74) is 2.64. The first-order valence-electron chi connectivity index (χ1n) is 5.51. The molecule has 4 nitrogen and oxygen atoms in total. The number of methoxy groups -OCH3 is 1. The number of rotatable bonds is 4. The van der Waals surface area contributed by atoms with Crippen LogP contribution in [0.5, 0.6) is 5.75 Å². The van der Waals surface area contributed by atoms with Crippen molar-refractivity contribution in [1.29, 1.82) is 0 Å². The van der Waals surface area contributed by atoms with Gasteiger partial charge in [0.1, 0.15) is 5.75 Å². The second-order valence-corrected chi connectivity index (χ2v) is 4.59. The molecule has 5 heteroatoms. The summed E-state index contributed by atoms with van der Waals surface area (Å²) in [5.74, 6) is -0.300. The number of hydrogen-bond acceptors (Lipinski definition) is 4. The second-order valence-electron chi connectivity index (χ2n) is 3.73. The normalized spacial score (nSPS) is 10.3. The van der Waals surface area contributed by atoms with Crippen molar-refractivity contribution in [3.05, 3.63) is 34.2 Å². The lowest BCUT2D eigenvalue weighted by molar-refractivity contribution is 0.0696. The molecule has 0 aliphatic rings. The third-order valence-corrected chi connectivity index (χ3v) is 3.47. The number of carboxylic acid groups (broad SMARTS) is 1. The highest BCUT2D eigenvalue weighted by Gasteiger charge is 2.13. The van der Waals surface area contributed by atoms with E-state index < -0.39 is 5.97 Å². The number of carboxylic acids is 1. The zero-order valence-electron chi connectivity index (χ0n) is 10.1. The number of aromatic nitrogens is 1. The van der Waals surface area contributed by atoms with E-state index in [0.717, 1.165) is 28.9 Å². The van der Waals surface area contributed by atoms with E-state index in [-0.39, 0.29) is 5.01 Å². The Kier molecular flexibility index (Phi) is 3.62. The highest BCUT2D eigenvalue weighted by atomic mass is 32.1. The maximum absolute atomic E-state index is 10.8. The van der Waals surface area contributed by atoms with Crippen molar-refractivity contribution in [2.45, 2.75) is 13.3 Å². The molecular formula is C13H13NO3S. The van der Waals surface area contributed by atoms with Gasteiger partial charge >= 0.3 is 5.97 Å². The van der Waals surface area contributed by atoms with Gasteiger partial charge in [0.25, 0.3) is 0 Å². The van der Waals surface area contributed by atoms with Crippen molar-refractivity contribution in [1.82, 2.24) is 4.98 Å². The van der Waals surface area contributed by atoms with Crippen molar-refractivity contribution in [3.8, 4) is 17.0 Å². The van der Waals surface area contributed by atoms with Gasteiger partial charge in [-0.3, -0.25) is 0 Å². The summed E-state index contributed by atoms with van der Waals surface area (Å²) in [7, 11) is 1.59. The van der Waals surface area contributed by atoms with Gasteiger partial charge in [-0.25, -0.2) is 9.78 Å². The molecule has 1 aromatic heterocycles. The van der Waals surface area contributed by atoms with E-state index in [1.807, 2.05) is 18.2 Å². The molecule has 0 unspecified atom stereocenters. The largest absolute Gasteiger partial charge is 0.496 e. The molecule has 2 rings (SSSR count). The van der Waals surface area contributed by atoms with E-state index in [2.05, 4.69) is 11.9 Å². The lowest BCUT2D eigenvalue weighted by Crippen LogP contribution is -1.95. The predicted octanol–water partition coefficient (Wildman–Crippen LogP) is 3.08. The smallest absolute Gasteiger partial charge is 0.365 e. The molecule has 0 fully saturated rings. The number of benzene rings is 1. The van der Waals surface area contributed by atoms with Gasteiger partial charge in [-0.1, -0.05) is 13.0 Å². The summed E-state index contributed by atoms with van der Waals surface area (Å²) in [5, 5.41) is 10.7. The van der Waals surface area contributed by atoms with Crippen LogP contribution in [-0.4, -0.2) is 23.2 Å². The molecule has 1 N–H and O–H groups in total. The number of thiazole rings is 1. The highest BCUT2D eigenvalue weighted by molar-refractivity contribution is 7.11. The summed E-state index contributed by atoms with van der Waals surface area (Å²) >= 11 is 1.12. The number of hydrogen-bond donors (Lipinski definition) is 1. The first-order chi connectivity index (χ1) is 8.65. The second kappa shape index (κ2) is 5.18. The quantitative estimate of drug-likeness (QED) is 0.920. The van der Waals surface area contributed by atoms with E-state index in [4.69, 9.17) is 9.84 Å². The fourth-order valence-electron chi connectivity index (χ4n) is 1.67. The molecule has 0 saturated carbocycles. The first-order valence-corrected chi connectivity index (χ1v) is 6.39. The molecule has 1 heterocycles. The van der Waals surface area contributed by atoms with Gasteiger partial charge in [-0.05, 0) is 24.1 Å². The maximum atomic E-state index is 10.8. The van der Waals surface area contributed by atoms with E-state index in [1.54, 1.807) is 12.5 Å². The summed E-state index contributed by atoms with van der Waals surface area (Å²) < 4.78 is 5.29. The number of carbonyl (C=O) groups is 1. The van der Waals surface area contributed by atoms with Crippen LogP contribution in [0.1, 0.15) is 22.3 Å². The van der Waals surface area contributed by atoms with Crippen LogP contribution in [0.25, 0.3) is 11.3 Å². The summed E-state index contributed by atoms with van der Waals surface area (Å²) in [6.07, 6.45) is 0.910. The molecule has 0 amide bonds. The molecule has 0 bridgehead atoms. The zero-order valence-corrected chi connectivity index (χ0v) is 11.0. The van der Waals surface area contributed by atoms with Crippen LogP contribution < -0.4 is 4.74 Å². The molecule has 0 aliphatic heterocycles. The monoisotopic (exact) mass is 263 g/mol. The molecular weight excluding hydrogens is 250 g/mol. The average Bonchev–Trinajstić information content (AvgIpc) is 2.87. The van der Waals surface area contributed by atoms with E-state index in [9.17, 15) is 4.79 Å². The summed E-state index contributed by atoms with van der Waals surface area (Å²) in [4.78, 5) is 14.9. The van der Waals surface area contributed by atoms with Crippen molar-refractivity contribution >= 4 is 17.3 Å². The fourth-order valence-corrected chi connectivity index (χ4v) is 2.33. The number of ether oxygens (including phenoxy) is 1. The van der Waals surface area contributed by atoms with Crippen LogP contribution in [-0.2, 0) is 6.42 Å². The van der Waals surface area contributed by atoms with E-state index in [0.29, 0.717) is 11.4 Å². The highest BCUT2D eigenvalue weighted by Crippen LogP contribution is 2.31. The Labute approximate surface area is 109 Å². The maximum Gasteiger partial charge on any atom is 0.365 e. The third-order valence-electron chi connectivity index (χ3n) is 2.64. The minimum absolute atomic E-state index is 0.0916. The van der Waals surface area contributed by atoms with Gasteiger partial charge in [0.15, 0.2) is 0 Å². The SMILES string of the molecule is CCc1ccc(OC)c(-c2csc(C(=O)O)n2)c1. The van der Waals surface area contributed by atoms with Crippen molar-refractivity contribution in [2.24, 2.45) is 0 Å². The molecule has 0 atom stereocenters. The minimum Gasteiger partial charge on any atom is -0.496 e. The lowest BCUT2D eigenvalue weighted by Gasteiger charge is -2.08. The Hall–Kier alpha value is -1.88. The van der Waals surface area contributed by atoms with Crippen LogP contribution in [0, 0.1) is 0 Å². The molecule has 0 radical (unpaired) electrons. The Morgan fingerprint density at radius 3 is 2.83 bits per heavy atom. The van der Waals surface area contributed by atoms with Crippen LogP contribution in [0.15, 0.2) is 23.6 Å². The van der Waals surface area contributed by atoms with Gasteiger partial charge in [0, 0.05) is 10.9 Å². The van der Waals surface area contributed by atoms with Crippen LogP contribution in [0.3, 0.4) is 0 Å². The fraction of sp³-hybridized carbons (Fsp3) is 0.231. The molecule has 1 aromatic carbocycles. The van der Waals surface area contributed by atoms with Crippen molar-refractivity contribution in [3.63, 3.8) is 0 Å². The Bertz CT molecular complexity index is 577. The van der Waals surface area contributed by atoms with Crippen LogP contribution >= 0.6 is 11.3 Å². The van der Waals surface area contributed by atoms with Crippen LogP contribution in [0.2, 0.25) is 0 Å². The Morgan fingerprint density at radius 2 is 2.28 bits per heavy atom. The van der Waals surface area contributed by atoms with Gasteiger partial charge in [-0.15, -0.1) is 11.3 Å². The number of nitrogens with zero attached hydrogens (tertiary/aromatic N) is 1. The minimum atomic E-state index is -1.00. The van der Waals surface area contributed by atoms with Gasteiger partial charge in [-0.2, -0.15) is 0 Å². The van der Waals surface area contributed by atoms with Crippen molar-refractivity contribution < 1.29 is 14.6 Å². The number of aromatic carboxylic acids is 1. The van der Waals surface area contributed by atoms with Gasteiger partial charge < -0.3 is 9.84 Å².